The Labute approximate surface area is 120 Å². The van der Waals surface area contributed by atoms with Crippen LogP contribution < -0.4 is 0 Å². The molecule has 0 spiro atoms. The van der Waals surface area contributed by atoms with Crippen LogP contribution in [-0.4, -0.2) is 77.6 Å². The third-order valence-corrected chi connectivity index (χ3v) is 4.80. The minimum absolute atomic E-state index is 0.0402. The summed E-state index contributed by atoms with van der Waals surface area (Å²) in [5.41, 5.74) is 0. The summed E-state index contributed by atoms with van der Waals surface area (Å²) in [5.74, 6) is -1.23. The van der Waals surface area contributed by atoms with E-state index < -0.39 is 11.9 Å². The lowest BCUT2D eigenvalue weighted by Gasteiger charge is -2.31. The van der Waals surface area contributed by atoms with E-state index in [4.69, 9.17) is 5.11 Å². The number of hydrogen-bond donors (Lipinski definition) is 1. The van der Waals surface area contributed by atoms with E-state index in [1.165, 1.54) is 6.42 Å². The van der Waals surface area contributed by atoms with Crippen LogP contribution in [0.5, 0.6) is 0 Å². The molecule has 2 amide bonds. The van der Waals surface area contributed by atoms with Gasteiger partial charge in [-0.3, -0.25) is 4.79 Å². The Kier molecular flexibility index (Phi) is 4.52. The molecule has 114 valence electrons. The molecule has 3 unspecified atom stereocenters. The zero-order valence-electron chi connectivity index (χ0n) is 12.6. The number of hydrogen-bond acceptors (Lipinski definition) is 3. The third-order valence-electron chi connectivity index (χ3n) is 4.80. The normalized spacial score (nSPS) is 30.8. The molecule has 0 aromatic carbocycles. The molecule has 0 aromatic rings. The number of likely N-dealkylation sites (N-methyl/N-ethyl adjacent to an activating group) is 2. The zero-order chi connectivity index (χ0) is 14.9. The van der Waals surface area contributed by atoms with Crippen LogP contribution in [0.15, 0.2) is 0 Å². The van der Waals surface area contributed by atoms with Crippen LogP contribution in [0, 0.1) is 5.92 Å². The van der Waals surface area contributed by atoms with Gasteiger partial charge < -0.3 is 19.8 Å². The van der Waals surface area contributed by atoms with Gasteiger partial charge in [-0.1, -0.05) is 0 Å². The molecule has 1 N–H and O–H groups in total. The van der Waals surface area contributed by atoms with Crippen molar-refractivity contribution in [2.75, 3.05) is 33.7 Å². The number of carbonyl (C=O) groups is 2. The number of amides is 2. The highest BCUT2D eigenvalue weighted by molar-refractivity contribution is 5.78. The van der Waals surface area contributed by atoms with Crippen LogP contribution >= 0.6 is 0 Å². The minimum atomic E-state index is -0.800. The van der Waals surface area contributed by atoms with Gasteiger partial charge in [0.25, 0.3) is 0 Å². The van der Waals surface area contributed by atoms with Gasteiger partial charge in [0.2, 0.25) is 0 Å². The van der Waals surface area contributed by atoms with Crippen molar-refractivity contribution in [3.05, 3.63) is 0 Å². The first-order valence-corrected chi connectivity index (χ1v) is 7.36. The lowest BCUT2D eigenvalue weighted by molar-refractivity contribution is -0.142. The monoisotopic (exact) mass is 283 g/mol. The average Bonchev–Trinajstić information content (AvgIpc) is 2.95. The smallest absolute Gasteiger partial charge is 0.320 e. The van der Waals surface area contributed by atoms with Crippen molar-refractivity contribution in [1.82, 2.24) is 14.7 Å². The van der Waals surface area contributed by atoms with E-state index in [1.807, 2.05) is 14.0 Å². The largest absolute Gasteiger partial charge is 0.481 e. The summed E-state index contributed by atoms with van der Waals surface area (Å²) < 4.78 is 0. The van der Waals surface area contributed by atoms with Crippen LogP contribution in [0.3, 0.4) is 0 Å². The fourth-order valence-electron chi connectivity index (χ4n) is 3.36. The van der Waals surface area contributed by atoms with Gasteiger partial charge >= 0.3 is 12.0 Å². The molecule has 20 heavy (non-hydrogen) atoms. The first-order chi connectivity index (χ1) is 9.41. The number of carboxylic acids is 1. The Morgan fingerprint density at radius 1 is 1.30 bits per heavy atom. The average molecular weight is 283 g/mol. The molecule has 6 heteroatoms. The second-order valence-corrected chi connectivity index (χ2v) is 6.11. The summed E-state index contributed by atoms with van der Waals surface area (Å²) in [7, 11) is 3.91. The first-order valence-electron chi connectivity index (χ1n) is 7.36. The highest BCUT2D eigenvalue weighted by Gasteiger charge is 2.39. The van der Waals surface area contributed by atoms with Crippen molar-refractivity contribution in [2.45, 2.75) is 38.3 Å². The molecular formula is C14H25N3O3. The van der Waals surface area contributed by atoms with Crippen molar-refractivity contribution >= 4 is 12.0 Å². The summed E-state index contributed by atoms with van der Waals surface area (Å²) >= 11 is 0. The van der Waals surface area contributed by atoms with E-state index in [2.05, 4.69) is 11.9 Å². The Morgan fingerprint density at radius 2 is 2.00 bits per heavy atom. The lowest BCUT2D eigenvalue weighted by atomic mass is 10.0. The molecule has 0 saturated carbocycles. The molecule has 2 aliphatic rings. The fourth-order valence-corrected chi connectivity index (χ4v) is 3.36. The van der Waals surface area contributed by atoms with Gasteiger partial charge in [-0.25, -0.2) is 4.79 Å². The summed E-state index contributed by atoms with van der Waals surface area (Å²) in [6, 6.07) is 0.169. The molecule has 2 fully saturated rings. The van der Waals surface area contributed by atoms with Gasteiger partial charge in [0.1, 0.15) is 0 Å². The number of carboxylic acid groups (broad SMARTS) is 1. The standard InChI is InChI=1S/C14H25N3O3/c1-10-12(13(18)19)6-8-17(10)14(20)16(3)9-11-5-4-7-15(11)2/h10-12H,4-9H2,1-3H3,(H,18,19). The fraction of sp³-hybridized carbons (Fsp3) is 0.857. The molecule has 2 aliphatic heterocycles. The van der Waals surface area contributed by atoms with Crippen molar-refractivity contribution in [1.29, 1.82) is 0 Å². The van der Waals surface area contributed by atoms with Crippen LogP contribution in [-0.2, 0) is 4.79 Å². The van der Waals surface area contributed by atoms with E-state index in [1.54, 1.807) is 9.80 Å². The molecule has 6 nitrogen and oxygen atoms in total. The number of carbonyl (C=O) groups excluding carboxylic acids is 1. The van der Waals surface area contributed by atoms with Crippen molar-refractivity contribution < 1.29 is 14.7 Å². The molecular weight excluding hydrogens is 258 g/mol. The molecule has 2 saturated heterocycles. The Balaban J connectivity index is 1.92. The maximum absolute atomic E-state index is 12.5. The number of likely N-dealkylation sites (tertiary alicyclic amines) is 2. The molecule has 0 bridgehead atoms. The summed E-state index contributed by atoms with van der Waals surface area (Å²) in [6.45, 7) is 4.19. The highest BCUT2D eigenvalue weighted by Crippen LogP contribution is 2.25. The Bertz CT molecular complexity index is 388. The van der Waals surface area contributed by atoms with Crippen molar-refractivity contribution in [2.24, 2.45) is 5.92 Å². The lowest BCUT2D eigenvalue weighted by Crippen LogP contribution is -2.48. The van der Waals surface area contributed by atoms with Crippen molar-refractivity contribution in [3.8, 4) is 0 Å². The van der Waals surface area contributed by atoms with E-state index in [9.17, 15) is 9.59 Å². The summed E-state index contributed by atoms with van der Waals surface area (Å²) in [6.07, 6.45) is 2.87. The Morgan fingerprint density at radius 3 is 2.50 bits per heavy atom. The van der Waals surface area contributed by atoms with Crippen LogP contribution in [0.25, 0.3) is 0 Å². The van der Waals surface area contributed by atoms with E-state index >= 15 is 0 Å². The maximum atomic E-state index is 12.5. The molecule has 2 heterocycles. The van der Waals surface area contributed by atoms with Gasteiger partial charge in [-0.15, -0.1) is 0 Å². The molecule has 0 aromatic heterocycles. The summed E-state index contributed by atoms with van der Waals surface area (Å²) in [5, 5.41) is 9.13. The minimum Gasteiger partial charge on any atom is -0.481 e. The second kappa shape index (κ2) is 5.99. The zero-order valence-corrected chi connectivity index (χ0v) is 12.6. The number of urea groups is 1. The van der Waals surface area contributed by atoms with Gasteiger partial charge in [-0.2, -0.15) is 0 Å². The highest BCUT2D eigenvalue weighted by atomic mass is 16.4. The van der Waals surface area contributed by atoms with Gasteiger partial charge in [0.15, 0.2) is 0 Å². The van der Waals surface area contributed by atoms with E-state index in [-0.39, 0.29) is 12.1 Å². The van der Waals surface area contributed by atoms with Gasteiger partial charge in [-0.05, 0) is 39.8 Å². The SMILES string of the molecule is CC1C(C(=O)O)CCN1C(=O)N(C)CC1CCCN1C. The molecule has 0 radical (unpaired) electrons. The third kappa shape index (κ3) is 2.90. The maximum Gasteiger partial charge on any atom is 0.320 e. The Hall–Kier alpha value is -1.30. The summed E-state index contributed by atoms with van der Waals surface area (Å²) in [4.78, 5) is 29.3. The van der Waals surface area contributed by atoms with Crippen molar-refractivity contribution in [3.63, 3.8) is 0 Å². The van der Waals surface area contributed by atoms with E-state index in [0.717, 1.165) is 19.5 Å². The predicted molar refractivity (Wildman–Crippen MR) is 75.6 cm³/mol. The predicted octanol–water partition coefficient (Wildman–Crippen LogP) is 0.927. The molecule has 2 rings (SSSR count). The van der Waals surface area contributed by atoms with Gasteiger partial charge in [0.05, 0.1) is 5.92 Å². The van der Waals surface area contributed by atoms with E-state index in [0.29, 0.717) is 19.0 Å². The first kappa shape index (κ1) is 15.1. The quantitative estimate of drug-likeness (QED) is 0.837. The second-order valence-electron chi connectivity index (χ2n) is 6.11. The van der Waals surface area contributed by atoms with Crippen LogP contribution in [0.2, 0.25) is 0 Å². The van der Waals surface area contributed by atoms with Gasteiger partial charge in [0, 0.05) is 32.2 Å². The van der Waals surface area contributed by atoms with Crippen LogP contribution in [0.1, 0.15) is 26.2 Å². The topological polar surface area (TPSA) is 64.1 Å². The molecule has 0 aliphatic carbocycles. The number of nitrogens with zero attached hydrogens (tertiary/aromatic N) is 3. The number of rotatable bonds is 3. The van der Waals surface area contributed by atoms with Crippen LogP contribution in [0.4, 0.5) is 4.79 Å². The number of aliphatic carboxylic acids is 1. The molecule has 3 atom stereocenters.